The van der Waals surface area contributed by atoms with Crippen molar-refractivity contribution in [2.24, 2.45) is 5.73 Å². The second-order valence-corrected chi connectivity index (χ2v) is 4.78. The number of nitrogens with two attached hydrogens (primary N) is 1. The Kier molecular flexibility index (Phi) is 4.75. The molecule has 0 heterocycles. The van der Waals surface area contributed by atoms with Crippen molar-refractivity contribution in [1.29, 1.82) is 0 Å². The van der Waals surface area contributed by atoms with E-state index in [4.69, 9.17) is 15.2 Å². The molecule has 2 N–H and O–H groups in total. The highest BCUT2D eigenvalue weighted by molar-refractivity contribution is 5.31. The van der Waals surface area contributed by atoms with E-state index >= 15 is 0 Å². The minimum atomic E-state index is -0.692. The molecule has 0 saturated heterocycles. The lowest BCUT2D eigenvalue weighted by Gasteiger charge is -2.23. The normalized spacial score (nSPS) is 13.6. The third-order valence-corrected chi connectivity index (χ3v) is 3.02. The molecule has 0 amide bonds. The van der Waals surface area contributed by atoms with E-state index in [1.54, 1.807) is 26.2 Å². The predicted molar refractivity (Wildman–Crippen MR) is 76.4 cm³/mol. The molecular weight excluding hydrogens is 276 g/mol. The summed E-state index contributed by atoms with van der Waals surface area (Å²) in [6.07, 6.45) is -0.517. The van der Waals surface area contributed by atoms with E-state index in [0.717, 1.165) is 23.8 Å². The molecule has 0 aromatic heterocycles. The van der Waals surface area contributed by atoms with Crippen molar-refractivity contribution >= 4 is 0 Å². The van der Waals surface area contributed by atoms with Crippen molar-refractivity contribution < 1.29 is 18.3 Å². The minimum Gasteiger partial charge on any atom is -0.497 e. The Morgan fingerprint density at radius 1 is 0.952 bits per heavy atom. The van der Waals surface area contributed by atoms with E-state index in [9.17, 15) is 8.78 Å². The monoisotopic (exact) mass is 293 g/mol. The molecule has 2 rings (SSSR count). The SMILES string of the molecule is COc1ccc(C(Oc2cc(F)cc(F)c2)C(C)N)cc1. The molecular formula is C16H17F2NO2. The molecule has 2 aromatic carbocycles. The third-order valence-electron chi connectivity index (χ3n) is 3.02. The maximum Gasteiger partial charge on any atom is 0.138 e. The number of rotatable bonds is 5. The highest BCUT2D eigenvalue weighted by Crippen LogP contribution is 2.27. The number of benzene rings is 2. The van der Waals surface area contributed by atoms with Crippen LogP contribution in [-0.4, -0.2) is 13.2 Å². The fourth-order valence-corrected chi connectivity index (χ4v) is 2.02. The number of hydrogen-bond acceptors (Lipinski definition) is 3. The van der Waals surface area contributed by atoms with Crippen molar-refractivity contribution in [3.8, 4) is 11.5 Å². The van der Waals surface area contributed by atoms with Gasteiger partial charge in [-0.15, -0.1) is 0 Å². The molecule has 5 heteroatoms. The van der Waals surface area contributed by atoms with Crippen molar-refractivity contribution in [1.82, 2.24) is 0 Å². The van der Waals surface area contributed by atoms with Gasteiger partial charge in [-0.05, 0) is 24.6 Å². The second-order valence-electron chi connectivity index (χ2n) is 4.78. The van der Waals surface area contributed by atoms with Crippen LogP contribution in [0.4, 0.5) is 8.78 Å². The summed E-state index contributed by atoms with van der Waals surface area (Å²) in [4.78, 5) is 0. The van der Waals surface area contributed by atoms with Crippen LogP contribution in [-0.2, 0) is 0 Å². The summed E-state index contributed by atoms with van der Waals surface area (Å²) >= 11 is 0. The smallest absolute Gasteiger partial charge is 0.138 e. The molecule has 2 unspecified atom stereocenters. The van der Waals surface area contributed by atoms with Gasteiger partial charge >= 0.3 is 0 Å². The maximum atomic E-state index is 13.2. The topological polar surface area (TPSA) is 44.5 Å². The van der Waals surface area contributed by atoms with Crippen molar-refractivity contribution in [3.63, 3.8) is 0 Å². The Labute approximate surface area is 122 Å². The highest BCUT2D eigenvalue weighted by Gasteiger charge is 2.19. The Morgan fingerprint density at radius 2 is 1.52 bits per heavy atom. The molecule has 0 aliphatic carbocycles. The van der Waals surface area contributed by atoms with Crippen LogP contribution in [0.5, 0.6) is 11.5 Å². The van der Waals surface area contributed by atoms with Crippen molar-refractivity contribution in [2.75, 3.05) is 7.11 Å². The first-order chi connectivity index (χ1) is 9.99. The second kappa shape index (κ2) is 6.54. The molecule has 112 valence electrons. The predicted octanol–water partition coefficient (Wildman–Crippen LogP) is 3.44. The molecule has 0 aliphatic heterocycles. The van der Waals surface area contributed by atoms with E-state index in [2.05, 4.69) is 0 Å². The van der Waals surface area contributed by atoms with Crippen LogP contribution in [0.25, 0.3) is 0 Å². The number of ether oxygens (including phenoxy) is 2. The lowest BCUT2D eigenvalue weighted by atomic mass is 10.0. The van der Waals surface area contributed by atoms with Crippen LogP contribution in [0.15, 0.2) is 42.5 Å². The van der Waals surface area contributed by atoms with E-state index < -0.39 is 17.7 Å². The Morgan fingerprint density at radius 3 is 2.00 bits per heavy atom. The standard InChI is InChI=1S/C16H17F2NO2/c1-10(19)16(11-3-5-14(20-2)6-4-11)21-15-8-12(17)7-13(18)9-15/h3-10,16H,19H2,1-2H3. The van der Waals surface area contributed by atoms with Gasteiger partial charge < -0.3 is 15.2 Å². The number of halogens is 2. The molecule has 2 aromatic rings. The van der Waals surface area contributed by atoms with Crippen LogP contribution in [0.2, 0.25) is 0 Å². The van der Waals surface area contributed by atoms with Gasteiger partial charge in [0.05, 0.1) is 7.11 Å². The Hall–Kier alpha value is -2.14. The van der Waals surface area contributed by atoms with Crippen molar-refractivity contribution in [2.45, 2.75) is 19.1 Å². The Balaban J connectivity index is 2.26. The summed E-state index contributed by atoms with van der Waals surface area (Å²) in [7, 11) is 1.57. The van der Waals surface area contributed by atoms with Crippen molar-refractivity contribution in [3.05, 3.63) is 59.7 Å². The first-order valence-corrected chi connectivity index (χ1v) is 6.52. The van der Waals surface area contributed by atoms with E-state index in [1.165, 1.54) is 0 Å². The zero-order valence-electron chi connectivity index (χ0n) is 11.8. The molecule has 0 saturated carbocycles. The molecule has 0 spiro atoms. The summed E-state index contributed by atoms with van der Waals surface area (Å²) in [5.41, 5.74) is 6.72. The fourth-order valence-electron chi connectivity index (χ4n) is 2.02. The van der Waals surface area contributed by atoms with Gasteiger partial charge in [-0.3, -0.25) is 0 Å². The van der Waals surface area contributed by atoms with Crippen LogP contribution >= 0.6 is 0 Å². The molecule has 21 heavy (non-hydrogen) atoms. The summed E-state index contributed by atoms with van der Waals surface area (Å²) in [5, 5.41) is 0. The lowest BCUT2D eigenvalue weighted by molar-refractivity contribution is 0.179. The third kappa shape index (κ3) is 3.92. The summed E-state index contributed by atoms with van der Waals surface area (Å²) in [5.74, 6) is -0.573. The molecule has 0 radical (unpaired) electrons. The highest BCUT2D eigenvalue weighted by atomic mass is 19.1. The Bertz CT molecular complexity index is 579. The van der Waals surface area contributed by atoms with Gasteiger partial charge in [-0.1, -0.05) is 12.1 Å². The molecule has 2 atom stereocenters. The summed E-state index contributed by atoms with van der Waals surface area (Å²) < 4.78 is 37.2. The molecule has 0 fully saturated rings. The first-order valence-electron chi connectivity index (χ1n) is 6.52. The average Bonchev–Trinajstić information content (AvgIpc) is 2.43. The summed E-state index contributed by atoms with van der Waals surface area (Å²) in [6.45, 7) is 1.77. The van der Waals surface area contributed by atoms with Gasteiger partial charge in [0.1, 0.15) is 29.2 Å². The maximum absolute atomic E-state index is 13.2. The van der Waals surface area contributed by atoms with Gasteiger partial charge in [-0.25, -0.2) is 8.78 Å². The lowest BCUT2D eigenvalue weighted by Crippen LogP contribution is -2.29. The average molecular weight is 293 g/mol. The summed E-state index contributed by atoms with van der Waals surface area (Å²) in [6, 6.07) is 9.86. The molecule has 0 bridgehead atoms. The molecule has 0 aliphatic rings. The van der Waals surface area contributed by atoms with Crippen LogP contribution in [0.3, 0.4) is 0 Å². The van der Waals surface area contributed by atoms with Gasteiger partial charge in [0, 0.05) is 24.2 Å². The van der Waals surface area contributed by atoms with Gasteiger partial charge in [0.15, 0.2) is 0 Å². The molecule has 3 nitrogen and oxygen atoms in total. The van der Waals surface area contributed by atoms with Gasteiger partial charge in [-0.2, -0.15) is 0 Å². The minimum absolute atomic E-state index is 0.102. The zero-order valence-corrected chi connectivity index (χ0v) is 11.8. The first kappa shape index (κ1) is 15.3. The zero-order chi connectivity index (χ0) is 15.4. The number of methoxy groups -OCH3 is 1. The quantitative estimate of drug-likeness (QED) is 0.918. The van der Waals surface area contributed by atoms with Gasteiger partial charge in [0.2, 0.25) is 0 Å². The van der Waals surface area contributed by atoms with Crippen LogP contribution in [0, 0.1) is 11.6 Å². The largest absolute Gasteiger partial charge is 0.497 e. The van der Waals surface area contributed by atoms with E-state index in [0.29, 0.717) is 5.75 Å². The van der Waals surface area contributed by atoms with E-state index in [-0.39, 0.29) is 11.8 Å². The fraction of sp³-hybridized carbons (Fsp3) is 0.250. The number of hydrogen-bond donors (Lipinski definition) is 1. The van der Waals surface area contributed by atoms with Crippen LogP contribution in [0.1, 0.15) is 18.6 Å². The van der Waals surface area contributed by atoms with E-state index in [1.807, 2.05) is 12.1 Å². The van der Waals surface area contributed by atoms with Crippen LogP contribution < -0.4 is 15.2 Å². The van der Waals surface area contributed by atoms with Gasteiger partial charge in [0.25, 0.3) is 0 Å².